The summed E-state index contributed by atoms with van der Waals surface area (Å²) < 4.78 is 0. The number of para-hydroxylation sites is 1. The average Bonchev–Trinajstić information content (AvgIpc) is 2.42. The number of hydrogen-bond acceptors (Lipinski definition) is 1. The van der Waals surface area contributed by atoms with Crippen molar-refractivity contribution in [3.63, 3.8) is 0 Å². The molecule has 1 heterocycles. The van der Waals surface area contributed by atoms with Gasteiger partial charge in [0.2, 0.25) is 0 Å². The first-order valence-electron chi connectivity index (χ1n) is 7.48. The zero-order valence-electron chi connectivity index (χ0n) is 12.8. The van der Waals surface area contributed by atoms with Gasteiger partial charge in [0.15, 0.2) is 0 Å². The summed E-state index contributed by atoms with van der Waals surface area (Å²) >= 11 is 0. The number of benzene rings is 2. The minimum Gasteiger partial charge on any atom is -0.378 e. The highest BCUT2D eigenvalue weighted by molar-refractivity contribution is 5.56. The maximum absolute atomic E-state index is 3.75. The molecule has 0 bridgehead atoms. The molecular weight excluding hydrogens is 242 g/mol. The second-order valence-electron chi connectivity index (χ2n) is 6.25. The summed E-state index contributed by atoms with van der Waals surface area (Å²) in [6, 6.07) is 13.8. The molecule has 0 saturated heterocycles. The lowest BCUT2D eigenvalue weighted by Gasteiger charge is -2.34. The Hall–Kier alpha value is -1.76. The van der Waals surface area contributed by atoms with Crippen molar-refractivity contribution < 1.29 is 0 Å². The highest BCUT2D eigenvalue weighted by Crippen LogP contribution is 2.38. The molecule has 0 spiro atoms. The Bertz CT molecular complexity index is 642. The maximum atomic E-state index is 3.75. The molecule has 2 unspecified atom stereocenters. The lowest BCUT2D eigenvalue weighted by atomic mass is 9.82. The Balaban J connectivity index is 2.01. The molecule has 1 N–H and O–H groups in total. The molecule has 1 nitrogen and oxygen atoms in total. The van der Waals surface area contributed by atoms with E-state index in [1.165, 1.54) is 33.5 Å². The first kappa shape index (κ1) is 13.2. The van der Waals surface area contributed by atoms with Gasteiger partial charge in [0.1, 0.15) is 0 Å². The van der Waals surface area contributed by atoms with Crippen molar-refractivity contribution in [1.29, 1.82) is 0 Å². The number of aryl methyl sites for hydroxylation is 3. The number of anilines is 1. The molecular formula is C19H23N. The summed E-state index contributed by atoms with van der Waals surface area (Å²) in [6.45, 7) is 8.98. The van der Waals surface area contributed by atoms with Gasteiger partial charge in [0.25, 0.3) is 0 Å². The van der Waals surface area contributed by atoms with Gasteiger partial charge in [-0.05, 0) is 67.0 Å². The number of hydrogen-bond donors (Lipinski definition) is 1. The Kier molecular flexibility index (Phi) is 3.29. The molecule has 0 amide bonds. The van der Waals surface area contributed by atoms with Crippen molar-refractivity contribution in [1.82, 2.24) is 0 Å². The van der Waals surface area contributed by atoms with Crippen molar-refractivity contribution >= 4 is 5.69 Å². The summed E-state index contributed by atoms with van der Waals surface area (Å²) in [7, 11) is 0. The van der Waals surface area contributed by atoms with Crippen molar-refractivity contribution in [2.24, 2.45) is 5.92 Å². The van der Waals surface area contributed by atoms with Crippen LogP contribution < -0.4 is 5.32 Å². The zero-order valence-corrected chi connectivity index (χ0v) is 12.8. The summed E-state index contributed by atoms with van der Waals surface area (Å²) in [5, 5.41) is 3.75. The number of nitrogens with one attached hydrogen (secondary N) is 1. The Morgan fingerprint density at radius 3 is 2.45 bits per heavy atom. The van der Waals surface area contributed by atoms with E-state index in [2.05, 4.69) is 69.4 Å². The molecule has 2 atom stereocenters. The Labute approximate surface area is 122 Å². The molecule has 3 rings (SSSR count). The fraction of sp³-hybridized carbons (Fsp3) is 0.368. The molecule has 0 radical (unpaired) electrons. The SMILES string of the molecule is Cc1cc(C)c(C2Nc3ccccc3CC2C)cc1C. The van der Waals surface area contributed by atoms with Crippen LogP contribution in [0.25, 0.3) is 0 Å². The van der Waals surface area contributed by atoms with Crippen LogP contribution in [0.3, 0.4) is 0 Å². The van der Waals surface area contributed by atoms with Gasteiger partial charge in [-0.15, -0.1) is 0 Å². The number of fused-ring (bicyclic) bond motifs is 1. The Morgan fingerprint density at radius 2 is 1.65 bits per heavy atom. The molecule has 0 aliphatic carbocycles. The van der Waals surface area contributed by atoms with Crippen LogP contribution in [-0.2, 0) is 6.42 Å². The lowest BCUT2D eigenvalue weighted by molar-refractivity contribution is 0.477. The molecule has 1 heteroatoms. The molecule has 0 fully saturated rings. The monoisotopic (exact) mass is 265 g/mol. The number of rotatable bonds is 1. The standard InChI is InChI=1S/C19H23N/c1-12-9-14(3)17(11-13(12)2)19-15(4)10-16-7-5-6-8-18(16)20-19/h5-9,11,15,19-20H,10H2,1-4H3. The normalized spacial score (nSPS) is 21.2. The van der Waals surface area contributed by atoms with Crippen LogP contribution in [0.1, 0.15) is 40.8 Å². The van der Waals surface area contributed by atoms with Crippen LogP contribution >= 0.6 is 0 Å². The molecule has 1 aliphatic heterocycles. The quantitative estimate of drug-likeness (QED) is 0.768. The van der Waals surface area contributed by atoms with E-state index in [4.69, 9.17) is 0 Å². The molecule has 1 aliphatic rings. The van der Waals surface area contributed by atoms with E-state index in [1.54, 1.807) is 0 Å². The molecule has 0 aromatic heterocycles. The minimum absolute atomic E-state index is 0.421. The summed E-state index contributed by atoms with van der Waals surface area (Å²) in [5.41, 5.74) is 8.37. The van der Waals surface area contributed by atoms with Gasteiger partial charge in [0.05, 0.1) is 6.04 Å². The third kappa shape index (κ3) is 2.22. The maximum Gasteiger partial charge on any atom is 0.0545 e. The van der Waals surface area contributed by atoms with Crippen LogP contribution in [0.15, 0.2) is 36.4 Å². The van der Waals surface area contributed by atoms with E-state index in [9.17, 15) is 0 Å². The van der Waals surface area contributed by atoms with Crippen LogP contribution in [0.5, 0.6) is 0 Å². The third-order valence-electron chi connectivity index (χ3n) is 4.66. The summed E-state index contributed by atoms with van der Waals surface area (Å²) in [5.74, 6) is 0.616. The van der Waals surface area contributed by atoms with E-state index in [0.717, 1.165) is 6.42 Å². The van der Waals surface area contributed by atoms with E-state index < -0.39 is 0 Å². The van der Waals surface area contributed by atoms with Gasteiger partial charge in [0, 0.05) is 5.69 Å². The average molecular weight is 265 g/mol. The van der Waals surface area contributed by atoms with Crippen molar-refractivity contribution in [3.05, 3.63) is 64.2 Å². The van der Waals surface area contributed by atoms with Crippen molar-refractivity contribution in [2.75, 3.05) is 5.32 Å². The second-order valence-corrected chi connectivity index (χ2v) is 6.25. The first-order chi connectivity index (χ1) is 9.56. The van der Waals surface area contributed by atoms with E-state index in [1.807, 2.05) is 0 Å². The highest BCUT2D eigenvalue weighted by atomic mass is 14.9. The predicted molar refractivity (Wildman–Crippen MR) is 86.3 cm³/mol. The van der Waals surface area contributed by atoms with Gasteiger partial charge in [-0.25, -0.2) is 0 Å². The van der Waals surface area contributed by atoms with Crippen molar-refractivity contribution in [3.8, 4) is 0 Å². The summed E-state index contributed by atoms with van der Waals surface area (Å²) in [4.78, 5) is 0. The minimum atomic E-state index is 0.421. The zero-order chi connectivity index (χ0) is 14.3. The van der Waals surface area contributed by atoms with Crippen molar-refractivity contribution in [2.45, 2.75) is 40.2 Å². The third-order valence-corrected chi connectivity index (χ3v) is 4.66. The van der Waals surface area contributed by atoms with E-state index in [-0.39, 0.29) is 0 Å². The van der Waals surface area contributed by atoms with E-state index >= 15 is 0 Å². The van der Waals surface area contributed by atoms with Gasteiger partial charge in [-0.1, -0.05) is 37.3 Å². The van der Waals surface area contributed by atoms with Crippen LogP contribution in [0.2, 0.25) is 0 Å². The molecule has 2 aromatic carbocycles. The predicted octanol–water partition coefficient (Wildman–Crippen LogP) is 4.96. The smallest absolute Gasteiger partial charge is 0.0545 e. The van der Waals surface area contributed by atoms with Crippen LogP contribution in [-0.4, -0.2) is 0 Å². The fourth-order valence-corrected chi connectivity index (χ4v) is 3.32. The van der Waals surface area contributed by atoms with Gasteiger partial charge >= 0.3 is 0 Å². The first-order valence-corrected chi connectivity index (χ1v) is 7.48. The molecule has 2 aromatic rings. The highest BCUT2D eigenvalue weighted by Gasteiger charge is 2.26. The lowest BCUT2D eigenvalue weighted by Crippen LogP contribution is -2.26. The Morgan fingerprint density at radius 1 is 0.950 bits per heavy atom. The summed E-state index contributed by atoms with van der Waals surface area (Å²) in [6.07, 6.45) is 1.15. The van der Waals surface area contributed by atoms with Crippen LogP contribution in [0, 0.1) is 26.7 Å². The second kappa shape index (κ2) is 4.97. The molecule has 104 valence electrons. The fourth-order valence-electron chi connectivity index (χ4n) is 3.32. The largest absolute Gasteiger partial charge is 0.378 e. The van der Waals surface area contributed by atoms with Crippen LogP contribution in [0.4, 0.5) is 5.69 Å². The van der Waals surface area contributed by atoms with Gasteiger partial charge < -0.3 is 5.32 Å². The van der Waals surface area contributed by atoms with E-state index in [0.29, 0.717) is 12.0 Å². The van der Waals surface area contributed by atoms with Gasteiger partial charge in [-0.2, -0.15) is 0 Å². The molecule has 20 heavy (non-hydrogen) atoms. The topological polar surface area (TPSA) is 12.0 Å². The van der Waals surface area contributed by atoms with Gasteiger partial charge in [-0.3, -0.25) is 0 Å². The molecule has 0 saturated carbocycles.